The summed E-state index contributed by atoms with van der Waals surface area (Å²) < 4.78 is 15.8. The molecule has 1 fully saturated rings. The summed E-state index contributed by atoms with van der Waals surface area (Å²) in [6.07, 6.45) is 5.86. The van der Waals surface area contributed by atoms with Crippen molar-refractivity contribution in [1.29, 1.82) is 0 Å². The summed E-state index contributed by atoms with van der Waals surface area (Å²) in [5, 5.41) is 12.5. The van der Waals surface area contributed by atoms with Crippen molar-refractivity contribution >= 4 is 5.91 Å². The van der Waals surface area contributed by atoms with Crippen molar-refractivity contribution in [3.8, 4) is 5.69 Å². The summed E-state index contributed by atoms with van der Waals surface area (Å²) in [5.74, 6) is -0.644. The van der Waals surface area contributed by atoms with Crippen LogP contribution in [-0.4, -0.2) is 28.2 Å². The Morgan fingerprint density at radius 1 is 1.32 bits per heavy atom. The number of carbonyl (C=O) groups excluding carboxylic acids is 1. The number of hydrogen-bond acceptors (Lipinski definition) is 2. The maximum absolute atomic E-state index is 14.1. The van der Waals surface area contributed by atoms with Gasteiger partial charge in [0.15, 0.2) is 0 Å². The number of rotatable bonds is 4. The maximum atomic E-state index is 14.1. The lowest BCUT2D eigenvalue weighted by Gasteiger charge is -2.15. The van der Waals surface area contributed by atoms with Crippen LogP contribution < -0.4 is 5.32 Å². The molecule has 0 spiro atoms. The molecule has 1 saturated carbocycles. The molecule has 0 bridgehead atoms. The second kappa shape index (κ2) is 6.32. The quantitative estimate of drug-likeness (QED) is 0.912. The van der Waals surface area contributed by atoms with Gasteiger partial charge in [0.25, 0.3) is 5.91 Å². The van der Waals surface area contributed by atoms with Crippen LogP contribution in [0.2, 0.25) is 0 Å². The third-order valence-electron chi connectivity index (χ3n) is 4.24. The molecule has 2 atom stereocenters. The molecule has 2 N–H and O–H groups in total. The van der Waals surface area contributed by atoms with Gasteiger partial charge in [-0.15, -0.1) is 0 Å². The van der Waals surface area contributed by atoms with Gasteiger partial charge in [0.05, 0.1) is 11.8 Å². The molecule has 0 saturated heterocycles. The van der Waals surface area contributed by atoms with Crippen LogP contribution in [0.1, 0.15) is 29.6 Å². The number of halogens is 1. The van der Waals surface area contributed by atoms with Crippen LogP contribution in [0.3, 0.4) is 0 Å². The highest BCUT2D eigenvalue weighted by molar-refractivity contribution is 5.94. The van der Waals surface area contributed by atoms with Crippen molar-refractivity contribution in [3.63, 3.8) is 0 Å². The largest absolute Gasteiger partial charge is 0.393 e. The van der Waals surface area contributed by atoms with Crippen LogP contribution in [0.25, 0.3) is 5.69 Å². The molecule has 1 heterocycles. The highest BCUT2D eigenvalue weighted by atomic mass is 19.1. The van der Waals surface area contributed by atoms with Gasteiger partial charge in [-0.1, -0.05) is 6.42 Å². The van der Waals surface area contributed by atoms with Crippen LogP contribution in [0.15, 0.2) is 42.7 Å². The highest BCUT2D eigenvalue weighted by Crippen LogP contribution is 2.24. The molecule has 3 rings (SSSR count). The van der Waals surface area contributed by atoms with Gasteiger partial charge < -0.3 is 15.0 Å². The van der Waals surface area contributed by atoms with E-state index in [0.29, 0.717) is 17.8 Å². The van der Waals surface area contributed by atoms with Gasteiger partial charge in [0.1, 0.15) is 5.82 Å². The summed E-state index contributed by atoms with van der Waals surface area (Å²) in [5.41, 5.74) is 0.702. The van der Waals surface area contributed by atoms with Gasteiger partial charge in [-0.25, -0.2) is 4.39 Å². The van der Waals surface area contributed by atoms with E-state index >= 15 is 0 Å². The lowest BCUT2D eigenvalue weighted by Crippen LogP contribution is -2.32. The van der Waals surface area contributed by atoms with E-state index in [0.717, 1.165) is 19.3 Å². The van der Waals surface area contributed by atoms with Gasteiger partial charge in [0, 0.05) is 30.4 Å². The van der Waals surface area contributed by atoms with Crippen LogP contribution in [0.5, 0.6) is 0 Å². The molecule has 2 aromatic rings. The number of hydrogen-bond donors (Lipinski definition) is 2. The average molecular weight is 302 g/mol. The molecule has 0 radical (unpaired) electrons. The van der Waals surface area contributed by atoms with E-state index in [1.165, 1.54) is 6.07 Å². The first-order chi connectivity index (χ1) is 10.6. The minimum atomic E-state index is -0.440. The topological polar surface area (TPSA) is 54.3 Å². The lowest BCUT2D eigenvalue weighted by atomic mass is 10.1. The maximum Gasteiger partial charge on any atom is 0.251 e. The fourth-order valence-electron chi connectivity index (χ4n) is 2.93. The highest BCUT2D eigenvalue weighted by Gasteiger charge is 2.25. The minimum absolute atomic E-state index is 0.105. The Bertz CT molecular complexity index is 655. The monoisotopic (exact) mass is 302 g/mol. The van der Waals surface area contributed by atoms with Crippen molar-refractivity contribution in [3.05, 3.63) is 54.1 Å². The van der Waals surface area contributed by atoms with Crippen molar-refractivity contribution in [2.45, 2.75) is 25.4 Å². The molecule has 116 valence electrons. The van der Waals surface area contributed by atoms with Crippen molar-refractivity contribution in [2.75, 3.05) is 6.54 Å². The van der Waals surface area contributed by atoms with Crippen LogP contribution >= 0.6 is 0 Å². The second-order valence-electron chi connectivity index (χ2n) is 5.72. The Morgan fingerprint density at radius 3 is 2.73 bits per heavy atom. The zero-order valence-corrected chi connectivity index (χ0v) is 12.2. The molecular weight excluding hydrogens is 283 g/mol. The standard InChI is InChI=1S/C17H19FN2O2/c18-14-10-12(6-7-15(14)20-8-1-2-9-20)17(22)19-11-13-4-3-5-16(13)21/h1-2,6-10,13,16,21H,3-5,11H2,(H,19,22). The van der Waals surface area contributed by atoms with E-state index in [1.807, 2.05) is 12.1 Å². The summed E-state index contributed by atoms with van der Waals surface area (Å²) in [6.45, 7) is 0.432. The van der Waals surface area contributed by atoms with Gasteiger partial charge in [-0.05, 0) is 43.2 Å². The van der Waals surface area contributed by atoms with Crippen LogP contribution in [0, 0.1) is 11.7 Å². The summed E-state index contributed by atoms with van der Waals surface area (Å²) in [7, 11) is 0. The van der Waals surface area contributed by atoms with E-state index in [-0.39, 0.29) is 17.9 Å². The molecule has 22 heavy (non-hydrogen) atoms. The average Bonchev–Trinajstić information content (AvgIpc) is 3.16. The molecule has 5 heteroatoms. The molecule has 4 nitrogen and oxygen atoms in total. The van der Waals surface area contributed by atoms with E-state index in [4.69, 9.17) is 0 Å². The number of nitrogens with zero attached hydrogens (tertiary/aromatic N) is 1. The summed E-state index contributed by atoms with van der Waals surface area (Å²) in [6, 6.07) is 8.07. The molecule has 2 unspecified atom stereocenters. The Kier molecular flexibility index (Phi) is 4.24. The predicted octanol–water partition coefficient (Wildman–Crippen LogP) is 2.51. The minimum Gasteiger partial charge on any atom is -0.393 e. The number of aromatic nitrogens is 1. The number of benzene rings is 1. The van der Waals surface area contributed by atoms with Crippen molar-refractivity contribution < 1.29 is 14.3 Å². The Morgan fingerprint density at radius 2 is 2.09 bits per heavy atom. The summed E-state index contributed by atoms with van der Waals surface area (Å²) >= 11 is 0. The van der Waals surface area contributed by atoms with Crippen LogP contribution in [0.4, 0.5) is 4.39 Å². The van der Waals surface area contributed by atoms with E-state index < -0.39 is 5.82 Å². The third kappa shape index (κ3) is 3.04. The lowest BCUT2D eigenvalue weighted by molar-refractivity contribution is 0.0916. The zero-order chi connectivity index (χ0) is 15.5. The van der Waals surface area contributed by atoms with Crippen molar-refractivity contribution in [2.24, 2.45) is 5.92 Å². The predicted molar refractivity (Wildman–Crippen MR) is 81.4 cm³/mol. The van der Waals surface area contributed by atoms with Gasteiger partial charge in [-0.2, -0.15) is 0 Å². The van der Waals surface area contributed by atoms with E-state index in [2.05, 4.69) is 5.32 Å². The first-order valence-electron chi connectivity index (χ1n) is 7.54. The number of amides is 1. The first kappa shape index (κ1) is 14.8. The Balaban J connectivity index is 1.67. The third-order valence-corrected chi connectivity index (χ3v) is 4.24. The Hall–Kier alpha value is -2.14. The number of nitrogens with one attached hydrogen (secondary N) is 1. The fourth-order valence-corrected chi connectivity index (χ4v) is 2.93. The normalized spacial score (nSPS) is 21.0. The van der Waals surface area contributed by atoms with Gasteiger partial charge in [-0.3, -0.25) is 4.79 Å². The summed E-state index contributed by atoms with van der Waals surface area (Å²) in [4.78, 5) is 12.1. The van der Waals surface area contributed by atoms with E-state index in [9.17, 15) is 14.3 Å². The second-order valence-corrected chi connectivity index (χ2v) is 5.72. The fraction of sp³-hybridized carbons (Fsp3) is 0.353. The molecule has 1 aromatic heterocycles. The van der Waals surface area contributed by atoms with Crippen molar-refractivity contribution in [1.82, 2.24) is 9.88 Å². The Labute approximate surface area is 128 Å². The molecule has 0 aliphatic heterocycles. The smallest absolute Gasteiger partial charge is 0.251 e. The molecular formula is C17H19FN2O2. The molecule has 1 aromatic carbocycles. The molecule has 1 aliphatic carbocycles. The molecule has 1 amide bonds. The number of aliphatic hydroxyl groups is 1. The van der Waals surface area contributed by atoms with Gasteiger partial charge in [0.2, 0.25) is 0 Å². The number of carbonyl (C=O) groups is 1. The van der Waals surface area contributed by atoms with E-state index in [1.54, 1.807) is 29.1 Å². The zero-order valence-electron chi connectivity index (χ0n) is 12.2. The SMILES string of the molecule is O=C(NCC1CCCC1O)c1ccc(-n2cccc2)c(F)c1. The number of aliphatic hydroxyl groups excluding tert-OH is 1. The van der Waals surface area contributed by atoms with Gasteiger partial charge >= 0.3 is 0 Å². The first-order valence-corrected chi connectivity index (χ1v) is 7.54. The molecule has 1 aliphatic rings. The van der Waals surface area contributed by atoms with Crippen LogP contribution in [-0.2, 0) is 0 Å².